The molecule has 1 heterocycles. The highest BCUT2D eigenvalue weighted by Gasteiger charge is 2.24. The van der Waals surface area contributed by atoms with Gasteiger partial charge in [-0.05, 0) is 24.7 Å². The first-order valence-corrected chi connectivity index (χ1v) is 8.64. The maximum Gasteiger partial charge on any atom is 0.191 e. The highest BCUT2D eigenvalue weighted by atomic mass is 16.5. The van der Waals surface area contributed by atoms with E-state index < -0.39 is 0 Å². The molecule has 1 aliphatic heterocycles. The Morgan fingerprint density at radius 2 is 1.96 bits per heavy atom. The van der Waals surface area contributed by atoms with Gasteiger partial charge < -0.3 is 24.8 Å². The van der Waals surface area contributed by atoms with Gasteiger partial charge in [0.25, 0.3) is 0 Å². The third-order valence-electron chi connectivity index (χ3n) is 4.06. The molecule has 1 rings (SSSR count). The van der Waals surface area contributed by atoms with Crippen LogP contribution in [0.25, 0.3) is 0 Å². The van der Waals surface area contributed by atoms with Gasteiger partial charge in [-0.3, -0.25) is 4.99 Å². The Bertz CT molecular complexity index is 336. The van der Waals surface area contributed by atoms with Crippen LogP contribution in [0.15, 0.2) is 4.99 Å². The molecule has 6 heteroatoms. The molecule has 0 aliphatic carbocycles. The Kier molecular flexibility index (Phi) is 9.52. The maximum atomic E-state index is 5.86. The number of nitrogens with one attached hydrogen (secondary N) is 2. The summed E-state index contributed by atoms with van der Waals surface area (Å²) in [4.78, 5) is 4.25. The van der Waals surface area contributed by atoms with Crippen LogP contribution in [-0.2, 0) is 14.2 Å². The van der Waals surface area contributed by atoms with Crippen molar-refractivity contribution in [1.29, 1.82) is 0 Å². The normalized spacial score (nSPS) is 18.7. The molecule has 0 aromatic rings. The minimum atomic E-state index is 0.0954. The third-order valence-corrected chi connectivity index (χ3v) is 4.06. The van der Waals surface area contributed by atoms with E-state index >= 15 is 0 Å². The average Bonchev–Trinajstić information content (AvgIpc) is 2.53. The second-order valence-electron chi connectivity index (χ2n) is 7.01. The van der Waals surface area contributed by atoms with Crippen LogP contribution in [-0.4, -0.2) is 65.2 Å². The average molecular weight is 329 g/mol. The van der Waals surface area contributed by atoms with Crippen molar-refractivity contribution < 1.29 is 14.2 Å². The number of methoxy groups -OCH3 is 1. The molecule has 0 saturated carbocycles. The summed E-state index contributed by atoms with van der Waals surface area (Å²) < 4.78 is 16.7. The molecule has 0 radical (unpaired) electrons. The number of ether oxygens (including phenoxy) is 3. The number of hydrogen-bond donors (Lipinski definition) is 2. The summed E-state index contributed by atoms with van der Waals surface area (Å²) in [5.74, 6) is 0.808. The lowest BCUT2D eigenvalue weighted by Gasteiger charge is -2.30. The molecule has 1 atom stereocenters. The van der Waals surface area contributed by atoms with Crippen LogP contribution in [0.1, 0.15) is 40.0 Å². The molecule has 0 aromatic carbocycles. The number of guanidine groups is 1. The van der Waals surface area contributed by atoms with E-state index in [2.05, 4.69) is 36.4 Å². The standard InChI is InChI=1S/C17H35N3O3/c1-17(2,3)15(21-5)13-20-16(18-4)19-9-6-10-23-14-7-11-22-12-8-14/h14-15H,6-13H2,1-5H3,(H2,18,19,20). The van der Waals surface area contributed by atoms with Gasteiger partial charge in [-0.2, -0.15) is 0 Å². The van der Waals surface area contributed by atoms with Gasteiger partial charge in [0.1, 0.15) is 0 Å². The molecule has 0 spiro atoms. The van der Waals surface area contributed by atoms with Gasteiger partial charge in [0.2, 0.25) is 0 Å². The monoisotopic (exact) mass is 329 g/mol. The van der Waals surface area contributed by atoms with Gasteiger partial charge in [0.05, 0.1) is 12.2 Å². The van der Waals surface area contributed by atoms with Crippen LogP contribution in [0.3, 0.4) is 0 Å². The summed E-state index contributed by atoms with van der Waals surface area (Å²) in [6.45, 7) is 10.5. The SMILES string of the molecule is CN=C(NCCCOC1CCOCC1)NCC(OC)C(C)(C)C. The van der Waals surface area contributed by atoms with Crippen molar-refractivity contribution in [3.63, 3.8) is 0 Å². The van der Waals surface area contributed by atoms with Crippen molar-refractivity contribution in [3.8, 4) is 0 Å². The topological polar surface area (TPSA) is 64.1 Å². The Balaban J connectivity index is 2.13. The second kappa shape index (κ2) is 10.8. The molecule has 1 saturated heterocycles. The Morgan fingerprint density at radius 1 is 1.26 bits per heavy atom. The van der Waals surface area contributed by atoms with Crippen molar-refractivity contribution in [2.75, 3.05) is 47.1 Å². The van der Waals surface area contributed by atoms with Crippen molar-refractivity contribution in [2.24, 2.45) is 10.4 Å². The van der Waals surface area contributed by atoms with Crippen LogP contribution in [0, 0.1) is 5.41 Å². The Hall–Kier alpha value is -0.850. The van der Waals surface area contributed by atoms with E-state index in [0.29, 0.717) is 6.10 Å². The van der Waals surface area contributed by atoms with Crippen LogP contribution in [0.5, 0.6) is 0 Å². The summed E-state index contributed by atoms with van der Waals surface area (Å²) in [6.07, 6.45) is 3.50. The zero-order chi connectivity index (χ0) is 17.1. The lowest BCUT2D eigenvalue weighted by atomic mass is 9.89. The van der Waals surface area contributed by atoms with Crippen LogP contribution >= 0.6 is 0 Å². The van der Waals surface area contributed by atoms with Crippen LogP contribution < -0.4 is 10.6 Å². The van der Waals surface area contributed by atoms with E-state index in [-0.39, 0.29) is 11.5 Å². The summed E-state index contributed by atoms with van der Waals surface area (Å²) in [7, 11) is 3.54. The molecule has 136 valence electrons. The van der Waals surface area contributed by atoms with Gasteiger partial charge in [-0.1, -0.05) is 20.8 Å². The highest BCUT2D eigenvalue weighted by Crippen LogP contribution is 2.20. The minimum absolute atomic E-state index is 0.0954. The smallest absolute Gasteiger partial charge is 0.191 e. The molecule has 0 bridgehead atoms. The quantitative estimate of drug-likeness (QED) is 0.404. The molecule has 2 N–H and O–H groups in total. The lowest BCUT2D eigenvalue weighted by Crippen LogP contribution is -2.45. The van der Waals surface area contributed by atoms with Gasteiger partial charge in [-0.15, -0.1) is 0 Å². The summed E-state index contributed by atoms with van der Waals surface area (Å²) in [5, 5.41) is 6.64. The van der Waals surface area contributed by atoms with Crippen molar-refractivity contribution in [2.45, 2.75) is 52.2 Å². The van der Waals surface area contributed by atoms with E-state index in [0.717, 1.165) is 58.1 Å². The molecular formula is C17H35N3O3. The molecule has 23 heavy (non-hydrogen) atoms. The fraction of sp³-hybridized carbons (Fsp3) is 0.941. The zero-order valence-corrected chi connectivity index (χ0v) is 15.5. The first-order chi connectivity index (χ1) is 11.0. The van der Waals surface area contributed by atoms with Crippen molar-refractivity contribution in [1.82, 2.24) is 10.6 Å². The minimum Gasteiger partial charge on any atom is -0.381 e. The van der Waals surface area contributed by atoms with Crippen molar-refractivity contribution >= 4 is 5.96 Å². The first kappa shape index (κ1) is 20.2. The second-order valence-corrected chi connectivity index (χ2v) is 7.01. The predicted molar refractivity (Wildman–Crippen MR) is 94.0 cm³/mol. The largest absolute Gasteiger partial charge is 0.381 e. The molecule has 1 fully saturated rings. The highest BCUT2D eigenvalue weighted by molar-refractivity contribution is 5.79. The van der Waals surface area contributed by atoms with Crippen LogP contribution in [0.2, 0.25) is 0 Å². The van der Waals surface area contributed by atoms with Gasteiger partial charge in [-0.25, -0.2) is 0 Å². The fourth-order valence-corrected chi connectivity index (χ4v) is 2.52. The lowest BCUT2D eigenvalue weighted by molar-refractivity contribution is -0.0320. The zero-order valence-electron chi connectivity index (χ0n) is 15.5. The predicted octanol–water partition coefficient (Wildman–Crippen LogP) is 1.80. The van der Waals surface area contributed by atoms with E-state index in [1.807, 2.05) is 0 Å². The Morgan fingerprint density at radius 3 is 2.52 bits per heavy atom. The van der Waals surface area contributed by atoms with Gasteiger partial charge in [0.15, 0.2) is 5.96 Å². The van der Waals surface area contributed by atoms with E-state index in [1.165, 1.54) is 0 Å². The van der Waals surface area contributed by atoms with E-state index in [1.54, 1.807) is 14.2 Å². The maximum absolute atomic E-state index is 5.86. The Labute approximate surface area is 141 Å². The first-order valence-electron chi connectivity index (χ1n) is 8.64. The number of rotatable bonds is 8. The number of hydrogen-bond acceptors (Lipinski definition) is 4. The molecule has 6 nitrogen and oxygen atoms in total. The summed E-state index contributed by atoms with van der Waals surface area (Å²) in [6, 6.07) is 0. The molecular weight excluding hydrogens is 294 g/mol. The van der Waals surface area contributed by atoms with E-state index in [9.17, 15) is 0 Å². The van der Waals surface area contributed by atoms with Gasteiger partial charge in [0, 0.05) is 47.1 Å². The molecule has 1 unspecified atom stereocenters. The number of aliphatic imine (C=N–C) groups is 1. The van der Waals surface area contributed by atoms with Gasteiger partial charge >= 0.3 is 0 Å². The molecule has 0 amide bonds. The molecule has 1 aliphatic rings. The van der Waals surface area contributed by atoms with Crippen molar-refractivity contribution in [3.05, 3.63) is 0 Å². The summed E-state index contributed by atoms with van der Waals surface area (Å²) >= 11 is 0. The summed E-state index contributed by atoms with van der Waals surface area (Å²) in [5.41, 5.74) is 0.0954. The third kappa shape index (κ3) is 8.53. The fourth-order valence-electron chi connectivity index (χ4n) is 2.52. The number of nitrogens with zero attached hydrogens (tertiary/aromatic N) is 1. The molecule has 0 aromatic heterocycles. The van der Waals surface area contributed by atoms with E-state index in [4.69, 9.17) is 14.2 Å². The van der Waals surface area contributed by atoms with Crippen LogP contribution in [0.4, 0.5) is 0 Å².